The maximum absolute atomic E-state index is 13.1. The summed E-state index contributed by atoms with van der Waals surface area (Å²) in [6.45, 7) is 2.87. The number of amides is 1. The van der Waals surface area contributed by atoms with Gasteiger partial charge in [0.1, 0.15) is 5.41 Å². The van der Waals surface area contributed by atoms with Crippen LogP contribution >= 0.6 is 0 Å². The van der Waals surface area contributed by atoms with E-state index in [-0.39, 0.29) is 11.8 Å². The van der Waals surface area contributed by atoms with Gasteiger partial charge in [0.2, 0.25) is 5.91 Å². The SMILES string of the molecule is NC(=O)C(c1ccccc1)(c1ccccc1)C1CCN(CCCc2ccc(N)cc2)C1. The number of likely N-dealkylation sites (tertiary alicyclic amines) is 1. The molecule has 31 heavy (non-hydrogen) atoms. The first-order chi connectivity index (χ1) is 15.1. The molecule has 0 aromatic heterocycles. The molecule has 4 N–H and O–H groups in total. The van der Waals surface area contributed by atoms with Crippen LogP contribution in [-0.2, 0) is 16.6 Å². The van der Waals surface area contributed by atoms with Gasteiger partial charge in [-0.1, -0.05) is 72.8 Å². The lowest BCUT2D eigenvalue weighted by Crippen LogP contribution is -2.49. The summed E-state index contributed by atoms with van der Waals surface area (Å²) in [4.78, 5) is 15.6. The van der Waals surface area contributed by atoms with E-state index in [4.69, 9.17) is 11.5 Å². The molecule has 4 rings (SSSR count). The Morgan fingerprint density at radius 1 is 0.903 bits per heavy atom. The molecule has 0 spiro atoms. The van der Waals surface area contributed by atoms with E-state index in [2.05, 4.69) is 17.0 Å². The summed E-state index contributed by atoms with van der Waals surface area (Å²) in [5, 5.41) is 0. The van der Waals surface area contributed by atoms with E-state index < -0.39 is 5.41 Å². The van der Waals surface area contributed by atoms with Crippen molar-refractivity contribution in [2.24, 2.45) is 11.7 Å². The molecule has 0 aliphatic carbocycles. The molecule has 1 aliphatic rings. The van der Waals surface area contributed by atoms with E-state index in [1.54, 1.807) is 0 Å². The summed E-state index contributed by atoms with van der Waals surface area (Å²) in [5.74, 6) is -0.120. The highest BCUT2D eigenvalue weighted by atomic mass is 16.1. The van der Waals surface area contributed by atoms with Gasteiger partial charge in [0, 0.05) is 12.2 Å². The summed E-state index contributed by atoms with van der Waals surface area (Å²) in [6.07, 6.45) is 3.06. The monoisotopic (exact) mass is 413 g/mol. The molecule has 1 fully saturated rings. The molecule has 0 radical (unpaired) electrons. The molecule has 160 valence electrons. The van der Waals surface area contributed by atoms with Crippen LogP contribution in [0.3, 0.4) is 0 Å². The van der Waals surface area contributed by atoms with Gasteiger partial charge >= 0.3 is 0 Å². The van der Waals surface area contributed by atoms with Gasteiger partial charge in [0.15, 0.2) is 0 Å². The average molecular weight is 414 g/mol. The summed E-state index contributed by atoms with van der Waals surface area (Å²) < 4.78 is 0. The molecule has 0 saturated carbocycles. The molecule has 4 nitrogen and oxygen atoms in total. The predicted octanol–water partition coefficient (Wildman–Crippen LogP) is 3.99. The van der Waals surface area contributed by atoms with Crippen LogP contribution in [-0.4, -0.2) is 30.4 Å². The maximum Gasteiger partial charge on any atom is 0.232 e. The molecule has 1 heterocycles. The fourth-order valence-corrected chi connectivity index (χ4v) is 5.11. The van der Waals surface area contributed by atoms with Gasteiger partial charge in [-0.05, 0) is 67.1 Å². The van der Waals surface area contributed by atoms with Crippen molar-refractivity contribution in [3.63, 3.8) is 0 Å². The third-order valence-corrected chi connectivity index (χ3v) is 6.65. The molecular weight excluding hydrogens is 382 g/mol. The molecular formula is C27H31N3O. The highest BCUT2D eigenvalue weighted by molar-refractivity contribution is 5.91. The van der Waals surface area contributed by atoms with Crippen LogP contribution in [0.1, 0.15) is 29.5 Å². The van der Waals surface area contributed by atoms with Gasteiger partial charge in [-0.2, -0.15) is 0 Å². The zero-order valence-electron chi connectivity index (χ0n) is 17.9. The number of carbonyl (C=O) groups is 1. The van der Waals surface area contributed by atoms with Gasteiger partial charge in [0.25, 0.3) is 0 Å². The average Bonchev–Trinajstić information content (AvgIpc) is 3.26. The second kappa shape index (κ2) is 9.36. The quantitative estimate of drug-likeness (QED) is 0.549. The molecule has 1 aliphatic heterocycles. The Bertz CT molecular complexity index is 947. The van der Waals surface area contributed by atoms with Crippen molar-refractivity contribution in [1.82, 2.24) is 4.90 Å². The summed E-state index contributed by atoms with van der Waals surface area (Å²) in [6, 6.07) is 28.2. The van der Waals surface area contributed by atoms with Crippen molar-refractivity contribution in [3.8, 4) is 0 Å². The largest absolute Gasteiger partial charge is 0.399 e. The van der Waals surface area contributed by atoms with Crippen LogP contribution < -0.4 is 11.5 Å². The van der Waals surface area contributed by atoms with E-state index in [0.717, 1.165) is 55.7 Å². The number of nitrogens with zero attached hydrogens (tertiary/aromatic N) is 1. The number of hydrogen-bond donors (Lipinski definition) is 2. The fraction of sp³-hybridized carbons (Fsp3) is 0.296. The number of nitrogens with two attached hydrogens (primary N) is 2. The first kappa shape index (κ1) is 21.1. The molecule has 4 heteroatoms. The number of primary amides is 1. The van der Waals surface area contributed by atoms with Crippen molar-refractivity contribution in [3.05, 3.63) is 102 Å². The molecule has 3 aromatic rings. The minimum atomic E-state index is -0.811. The minimum absolute atomic E-state index is 0.145. The number of nitrogen functional groups attached to an aromatic ring is 1. The Morgan fingerprint density at radius 2 is 1.48 bits per heavy atom. The third kappa shape index (κ3) is 4.35. The zero-order chi connectivity index (χ0) is 21.7. The number of rotatable bonds is 8. The van der Waals surface area contributed by atoms with E-state index in [9.17, 15) is 4.79 Å². The van der Waals surface area contributed by atoms with Gasteiger partial charge in [-0.25, -0.2) is 0 Å². The first-order valence-electron chi connectivity index (χ1n) is 11.1. The predicted molar refractivity (Wildman–Crippen MR) is 127 cm³/mol. The summed E-state index contributed by atoms with van der Waals surface area (Å²) in [5.41, 5.74) is 15.2. The lowest BCUT2D eigenvalue weighted by Gasteiger charge is -2.37. The molecule has 1 amide bonds. The highest BCUT2D eigenvalue weighted by Crippen LogP contribution is 2.43. The van der Waals surface area contributed by atoms with E-state index in [1.165, 1.54) is 5.56 Å². The van der Waals surface area contributed by atoms with Crippen LogP contribution in [0.4, 0.5) is 5.69 Å². The Morgan fingerprint density at radius 3 is 2.03 bits per heavy atom. The highest BCUT2D eigenvalue weighted by Gasteiger charge is 2.49. The van der Waals surface area contributed by atoms with Crippen molar-refractivity contribution < 1.29 is 4.79 Å². The Labute approximate surface area is 184 Å². The minimum Gasteiger partial charge on any atom is -0.399 e. The fourth-order valence-electron chi connectivity index (χ4n) is 5.11. The van der Waals surface area contributed by atoms with Gasteiger partial charge < -0.3 is 16.4 Å². The standard InChI is InChI=1S/C27H31N3O/c28-25-15-13-21(14-16-25)8-7-18-30-19-17-24(20-30)27(26(29)31,22-9-3-1-4-10-22)23-11-5-2-6-12-23/h1-6,9-16,24H,7-8,17-20,28H2,(H2,29,31). The van der Waals surface area contributed by atoms with E-state index >= 15 is 0 Å². The van der Waals surface area contributed by atoms with Crippen LogP contribution in [0.5, 0.6) is 0 Å². The number of benzene rings is 3. The first-order valence-corrected chi connectivity index (χ1v) is 11.1. The van der Waals surface area contributed by atoms with Crippen molar-refractivity contribution in [2.45, 2.75) is 24.7 Å². The van der Waals surface area contributed by atoms with E-state index in [1.807, 2.05) is 72.8 Å². The van der Waals surface area contributed by atoms with Gasteiger partial charge in [0.05, 0.1) is 0 Å². The molecule has 1 unspecified atom stereocenters. The Hall–Kier alpha value is -3.11. The molecule has 1 atom stereocenters. The topological polar surface area (TPSA) is 72.4 Å². The Balaban J connectivity index is 1.53. The second-order valence-corrected chi connectivity index (χ2v) is 8.54. The maximum atomic E-state index is 13.1. The van der Waals surface area contributed by atoms with Crippen molar-refractivity contribution >= 4 is 11.6 Å². The number of carbonyl (C=O) groups excluding carboxylic acids is 1. The van der Waals surface area contributed by atoms with Gasteiger partial charge in [-0.15, -0.1) is 0 Å². The number of aryl methyl sites for hydroxylation is 1. The lowest BCUT2D eigenvalue weighted by atomic mass is 9.64. The van der Waals surface area contributed by atoms with Crippen LogP contribution in [0.25, 0.3) is 0 Å². The lowest BCUT2D eigenvalue weighted by molar-refractivity contribution is -0.123. The number of hydrogen-bond acceptors (Lipinski definition) is 3. The van der Waals surface area contributed by atoms with Crippen molar-refractivity contribution in [2.75, 3.05) is 25.4 Å². The molecule has 3 aromatic carbocycles. The van der Waals surface area contributed by atoms with Crippen LogP contribution in [0, 0.1) is 5.92 Å². The smallest absolute Gasteiger partial charge is 0.232 e. The van der Waals surface area contributed by atoms with Crippen molar-refractivity contribution in [1.29, 1.82) is 0 Å². The number of anilines is 1. The van der Waals surface area contributed by atoms with Crippen LogP contribution in [0.15, 0.2) is 84.9 Å². The van der Waals surface area contributed by atoms with Gasteiger partial charge in [-0.3, -0.25) is 4.79 Å². The third-order valence-electron chi connectivity index (χ3n) is 6.65. The summed E-state index contributed by atoms with van der Waals surface area (Å²) in [7, 11) is 0. The van der Waals surface area contributed by atoms with E-state index in [0.29, 0.717) is 0 Å². The normalized spacial score (nSPS) is 17.0. The second-order valence-electron chi connectivity index (χ2n) is 8.54. The molecule has 0 bridgehead atoms. The van der Waals surface area contributed by atoms with Crippen LogP contribution in [0.2, 0.25) is 0 Å². The Kier molecular flexibility index (Phi) is 6.38. The summed E-state index contributed by atoms with van der Waals surface area (Å²) >= 11 is 0. The molecule has 1 saturated heterocycles. The zero-order valence-corrected chi connectivity index (χ0v) is 17.9.